The lowest BCUT2D eigenvalue weighted by Crippen LogP contribution is -2.48. The first-order chi connectivity index (χ1) is 7.31. The molecule has 1 fully saturated rings. The van der Waals surface area contributed by atoms with Gasteiger partial charge in [-0.1, -0.05) is 11.4 Å². The van der Waals surface area contributed by atoms with E-state index in [2.05, 4.69) is 20.2 Å². The van der Waals surface area contributed by atoms with E-state index in [0.29, 0.717) is 10.8 Å². The van der Waals surface area contributed by atoms with E-state index in [9.17, 15) is 4.79 Å². The van der Waals surface area contributed by atoms with Crippen molar-refractivity contribution in [3.8, 4) is 0 Å². The Hall–Kier alpha value is -0.720. The number of nitrogens with one attached hydrogen (secondary N) is 2. The molecule has 2 heterocycles. The van der Waals surface area contributed by atoms with Crippen molar-refractivity contribution in [1.82, 2.24) is 20.2 Å². The Kier molecular flexibility index (Phi) is 5.11. The minimum atomic E-state index is -0.0336. The van der Waals surface area contributed by atoms with Gasteiger partial charge in [0.1, 0.15) is 4.88 Å². The Morgan fingerprint density at radius 1 is 1.62 bits per heavy atom. The molecule has 0 saturated carbocycles. The van der Waals surface area contributed by atoms with Crippen LogP contribution in [0.2, 0.25) is 0 Å². The van der Waals surface area contributed by atoms with Gasteiger partial charge in [0, 0.05) is 25.6 Å². The molecular weight excluding hydrogens is 248 g/mol. The normalized spacial score (nSPS) is 15.1. The molecule has 0 aromatic carbocycles. The Labute approximate surface area is 105 Å². The Bertz CT molecular complexity index is 353. The predicted molar refractivity (Wildman–Crippen MR) is 65.2 cm³/mol. The molecule has 16 heavy (non-hydrogen) atoms. The lowest BCUT2D eigenvalue weighted by Gasteiger charge is -2.26. The summed E-state index contributed by atoms with van der Waals surface area (Å²) < 4.78 is 3.79. The minimum Gasteiger partial charge on any atom is -0.351 e. The maximum atomic E-state index is 11.7. The molecule has 2 rings (SSSR count). The molecule has 1 aliphatic heterocycles. The first-order valence-corrected chi connectivity index (χ1v) is 5.88. The number of nitrogens with zero attached hydrogens (tertiary/aromatic N) is 2. The van der Waals surface area contributed by atoms with Crippen LogP contribution in [-0.4, -0.2) is 35.1 Å². The van der Waals surface area contributed by atoms with E-state index in [1.807, 2.05) is 6.92 Å². The van der Waals surface area contributed by atoms with E-state index in [0.717, 1.165) is 31.7 Å². The summed E-state index contributed by atoms with van der Waals surface area (Å²) in [5.74, 6) is 0.550. The topological polar surface area (TPSA) is 66.9 Å². The Morgan fingerprint density at radius 2 is 2.38 bits per heavy atom. The van der Waals surface area contributed by atoms with Crippen molar-refractivity contribution >= 4 is 29.8 Å². The third kappa shape index (κ3) is 2.90. The average molecular weight is 263 g/mol. The van der Waals surface area contributed by atoms with Crippen LogP contribution in [0.15, 0.2) is 0 Å². The number of rotatable bonds is 4. The van der Waals surface area contributed by atoms with Crippen LogP contribution < -0.4 is 10.6 Å². The van der Waals surface area contributed by atoms with Crippen molar-refractivity contribution in [2.24, 2.45) is 5.92 Å². The summed E-state index contributed by atoms with van der Waals surface area (Å²) in [4.78, 5) is 12.4. The number of aryl methyl sites for hydroxylation is 1. The molecule has 1 amide bonds. The zero-order valence-electron chi connectivity index (χ0n) is 9.02. The molecule has 0 aliphatic carbocycles. The number of carbonyl (C=O) groups is 1. The molecule has 0 unspecified atom stereocenters. The number of hydrogen-bond donors (Lipinski definition) is 2. The molecule has 5 nitrogen and oxygen atoms in total. The van der Waals surface area contributed by atoms with Crippen LogP contribution >= 0.6 is 23.9 Å². The van der Waals surface area contributed by atoms with E-state index in [1.54, 1.807) is 0 Å². The zero-order valence-corrected chi connectivity index (χ0v) is 10.7. The monoisotopic (exact) mass is 262 g/mol. The molecule has 0 atom stereocenters. The smallest absolute Gasteiger partial charge is 0.264 e. The lowest BCUT2D eigenvalue weighted by molar-refractivity contribution is 0.0945. The van der Waals surface area contributed by atoms with Gasteiger partial charge in [0.15, 0.2) is 0 Å². The highest BCUT2D eigenvalue weighted by Crippen LogP contribution is 2.11. The summed E-state index contributed by atoms with van der Waals surface area (Å²) in [6.45, 7) is 4.72. The molecule has 7 heteroatoms. The first kappa shape index (κ1) is 13.3. The molecule has 1 aliphatic rings. The average Bonchev–Trinajstić information content (AvgIpc) is 2.62. The minimum absolute atomic E-state index is 0. The van der Waals surface area contributed by atoms with Crippen LogP contribution in [0.5, 0.6) is 0 Å². The molecule has 1 aromatic heterocycles. The van der Waals surface area contributed by atoms with Gasteiger partial charge >= 0.3 is 0 Å². The fourth-order valence-corrected chi connectivity index (χ4v) is 2.09. The number of hydrogen-bond acceptors (Lipinski definition) is 5. The van der Waals surface area contributed by atoms with Gasteiger partial charge in [-0.3, -0.25) is 4.79 Å². The van der Waals surface area contributed by atoms with E-state index in [1.165, 1.54) is 11.5 Å². The Balaban J connectivity index is 0.00000128. The maximum Gasteiger partial charge on any atom is 0.264 e. The molecule has 1 aromatic rings. The summed E-state index contributed by atoms with van der Waals surface area (Å²) in [5, 5.41) is 9.99. The Morgan fingerprint density at radius 3 is 2.94 bits per heavy atom. The highest BCUT2D eigenvalue weighted by Gasteiger charge is 2.19. The number of amides is 1. The highest BCUT2D eigenvalue weighted by molar-refractivity contribution is 7.08. The highest BCUT2D eigenvalue weighted by atomic mass is 35.5. The van der Waals surface area contributed by atoms with Crippen LogP contribution in [0, 0.1) is 5.92 Å². The standard InChI is InChI=1S/C9H14N4OS.ClH/c1-2-7-8(15-13-12-7)9(14)11-5-6-3-10-4-6;/h6,10H,2-5H2,1H3,(H,11,14);1H. The van der Waals surface area contributed by atoms with Gasteiger partial charge < -0.3 is 10.6 Å². The van der Waals surface area contributed by atoms with Gasteiger partial charge in [0.05, 0.1) is 5.69 Å². The zero-order chi connectivity index (χ0) is 10.7. The first-order valence-electron chi connectivity index (χ1n) is 5.11. The second-order valence-electron chi connectivity index (χ2n) is 3.64. The van der Waals surface area contributed by atoms with Crippen molar-refractivity contribution in [2.75, 3.05) is 19.6 Å². The quantitative estimate of drug-likeness (QED) is 0.828. The second-order valence-corrected chi connectivity index (χ2v) is 4.39. The number of halogens is 1. The third-order valence-corrected chi connectivity index (χ3v) is 3.28. The molecular formula is C9H15ClN4OS. The van der Waals surface area contributed by atoms with Gasteiger partial charge in [-0.05, 0) is 18.0 Å². The van der Waals surface area contributed by atoms with Crippen LogP contribution in [0.1, 0.15) is 22.3 Å². The fraction of sp³-hybridized carbons (Fsp3) is 0.667. The maximum absolute atomic E-state index is 11.7. The van der Waals surface area contributed by atoms with E-state index < -0.39 is 0 Å². The van der Waals surface area contributed by atoms with Crippen LogP contribution in [0.4, 0.5) is 0 Å². The van der Waals surface area contributed by atoms with Crippen molar-refractivity contribution in [1.29, 1.82) is 0 Å². The van der Waals surface area contributed by atoms with Crippen LogP contribution in [0.3, 0.4) is 0 Å². The van der Waals surface area contributed by atoms with Gasteiger partial charge in [-0.2, -0.15) is 0 Å². The molecule has 0 radical (unpaired) electrons. The summed E-state index contributed by atoms with van der Waals surface area (Å²) >= 11 is 1.17. The molecule has 2 N–H and O–H groups in total. The van der Waals surface area contributed by atoms with Crippen LogP contribution in [-0.2, 0) is 6.42 Å². The summed E-state index contributed by atoms with van der Waals surface area (Å²) in [6, 6.07) is 0. The third-order valence-electron chi connectivity index (χ3n) is 2.51. The predicted octanol–water partition coefficient (Wildman–Crippen LogP) is 0.471. The van der Waals surface area contributed by atoms with Gasteiger partial charge in [0.25, 0.3) is 5.91 Å². The van der Waals surface area contributed by atoms with E-state index in [-0.39, 0.29) is 18.3 Å². The second kappa shape index (κ2) is 6.12. The number of aromatic nitrogens is 2. The number of carbonyl (C=O) groups excluding carboxylic acids is 1. The molecule has 0 bridgehead atoms. The summed E-state index contributed by atoms with van der Waals surface area (Å²) in [6.07, 6.45) is 0.754. The van der Waals surface area contributed by atoms with E-state index in [4.69, 9.17) is 0 Å². The SMILES string of the molecule is CCc1nnsc1C(=O)NCC1CNC1.Cl. The largest absolute Gasteiger partial charge is 0.351 e. The van der Waals surface area contributed by atoms with E-state index >= 15 is 0 Å². The van der Waals surface area contributed by atoms with Crippen LogP contribution in [0.25, 0.3) is 0 Å². The van der Waals surface area contributed by atoms with Crippen molar-refractivity contribution in [3.63, 3.8) is 0 Å². The lowest BCUT2D eigenvalue weighted by atomic mass is 10.0. The molecule has 1 saturated heterocycles. The van der Waals surface area contributed by atoms with Gasteiger partial charge in [-0.15, -0.1) is 17.5 Å². The van der Waals surface area contributed by atoms with Gasteiger partial charge in [-0.25, -0.2) is 0 Å². The molecule has 90 valence electrons. The summed E-state index contributed by atoms with van der Waals surface area (Å²) in [7, 11) is 0. The van der Waals surface area contributed by atoms with Crippen molar-refractivity contribution in [3.05, 3.63) is 10.6 Å². The molecule has 0 spiro atoms. The van der Waals surface area contributed by atoms with Crippen molar-refractivity contribution < 1.29 is 4.79 Å². The van der Waals surface area contributed by atoms with Gasteiger partial charge in [0.2, 0.25) is 0 Å². The fourth-order valence-electron chi connectivity index (χ4n) is 1.42. The van der Waals surface area contributed by atoms with Crippen molar-refractivity contribution in [2.45, 2.75) is 13.3 Å². The summed E-state index contributed by atoms with van der Waals surface area (Å²) in [5.41, 5.74) is 0.796.